The predicted octanol–water partition coefficient (Wildman–Crippen LogP) is 4.23. The minimum Gasteiger partial charge on any atom is -0.369 e. The van der Waals surface area contributed by atoms with Gasteiger partial charge in [-0.25, -0.2) is 23.1 Å². The Hall–Kier alpha value is -2.13. The Morgan fingerprint density at radius 2 is 1.96 bits per heavy atom. The summed E-state index contributed by atoms with van der Waals surface area (Å²) in [6.07, 6.45) is -0.775. The summed E-state index contributed by atoms with van der Waals surface area (Å²) < 4.78 is 40.7. The smallest absolute Gasteiger partial charge is 0.266 e. The lowest BCUT2D eigenvalue weighted by molar-refractivity contribution is 0.146. The SMILES string of the molecule is C[C@@H](Nc1ncnc2c1C=C(Br)C(O)N2C)c1cccc(C(F)F)c1F. The normalized spacial score (nSPS) is 17.8. The average Bonchev–Trinajstić information content (AvgIpc) is 2.60. The molecule has 5 nitrogen and oxygen atoms in total. The fourth-order valence-corrected chi connectivity index (χ4v) is 3.32. The molecule has 1 aliphatic heterocycles. The summed E-state index contributed by atoms with van der Waals surface area (Å²) in [5, 5.41) is 13.1. The molecule has 1 aromatic carbocycles. The molecule has 2 atom stereocenters. The number of aliphatic hydroxyl groups excluding tert-OH is 1. The Kier molecular flexibility index (Phi) is 5.19. The maximum Gasteiger partial charge on any atom is 0.266 e. The van der Waals surface area contributed by atoms with Crippen LogP contribution in [-0.4, -0.2) is 28.4 Å². The molecule has 1 aromatic heterocycles. The molecule has 3 rings (SSSR count). The van der Waals surface area contributed by atoms with Crippen LogP contribution in [0.5, 0.6) is 0 Å². The fourth-order valence-electron chi connectivity index (χ4n) is 2.78. The van der Waals surface area contributed by atoms with E-state index in [4.69, 9.17) is 0 Å². The van der Waals surface area contributed by atoms with Gasteiger partial charge in [0, 0.05) is 17.1 Å². The highest BCUT2D eigenvalue weighted by Crippen LogP contribution is 2.36. The monoisotopic (exact) mass is 428 g/mol. The number of rotatable bonds is 4. The standard InChI is InChI=1S/C17H16BrF3N4O/c1-8(9-4-3-5-10(13(9)19)14(20)21)24-15-11-6-12(18)17(26)25(2)16(11)23-7-22-15/h3-8,14,17,26H,1-2H3,(H,22,23,24)/t8-,17?/m1/s1. The molecule has 2 N–H and O–H groups in total. The van der Waals surface area contributed by atoms with Crippen LogP contribution in [0.3, 0.4) is 0 Å². The Balaban J connectivity index is 1.96. The van der Waals surface area contributed by atoms with E-state index in [9.17, 15) is 18.3 Å². The van der Waals surface area contributed by atoms with Gasteiger partial charge in [0.25, 0.3) is 6.43 Å². The van der Waals surface area contributed by atoms with E-state index in [0.717, 1.165) is 6.07 Å². The number of benzene rings is 1. The van der Waals surface area contributed by atoms with Gasteiger partial charge in [-0.15, -0.1) is 0 Å². The van der Waals surface area contributed by atoms with E-state index >= 15 is 0 Å². The van der Waals surface area contributed by atoms with Crippen molar-refractivity contribution in [3.63, 3.8) is 0 Å². The number of anilines is 2. The highest BCUT2D eigenvalue weighted by molar-refractivity contribution is 9.11. The lowest BCUT2D eigenvalue weighted by Crippen LogP contribution is -2.35. The number of aliphatic hydroxyl groups is 1. The fraction of sp³-hybridized carbons (Fsp3) is 0.294. The van der Waals surface area contributed by atoms with Crippen LogP contribution in [0.25, 0.3) is 6.08 Å². The van der Waals surface area contributed by atoms with Crippen molar-refractivity contribution in [1.29, 1.82) is 0 Å². The zero-order valence-electron chi connectivity index (χ0n) is 13.9. The molecule has 9 heteroatoms. The molecule has 0 amide bonds. The predicted molar refractivity (Wildman–Crippen MR) is 96.7 cm³/mol. The molecule has 0 saturated heterocycles. The van der Waals surface area contributed by atoms with E-state index in [1.54, 1.807) is 24.9 Å². The van der Waals surface area contributed by atoms with Gasteiger partial charge in [0.05, 0.1) is 17.2 Å². The number of nitrogens with one attached hydrogen (secondary N) is 1. The van der Waals surface area contributed by atoms with Crippen LogP contribution in [0.15, 0.2) is 29.0 Å². The number of nitrogens with zero attached hydrogens (tertiary/aromatic N) is 3. The molecule has 26 heavy (non-hydrogen) atoms. The van der Waals surface area contributed by atoms with Gasteiger partial charge in [-0.3, -0.25) is 0 Å². The maximum atomic E-state index is 14.4. The number of hydrogen-bond donors (Lipinski definition) is 2. The maximum absolute atomic E-state index is 14.4. The van der Waals surface area contributed by atoms with Crippen LogP contribution < -0.4 is 10.2 Å². The molecular weight excluding hydrogens is 413 g/mol. The second kappa shape index (κ2) is 7.24. The van der Waals surface area contributed by atoms with E-state index < -0.39 is 30.1 Å². The molecule has 0 bridgehead atoms. The van der Waals surface area contributed by atoms with Gasteiger partial charge in [0.15, 0.2) is 6.23 Å². The molecule has 0 aliphatic carbocycles. The Labute approximate surface area is 156 Å². The quantitative estimate of drug-likeness (QED) is 0.762. The Morgan fingerprint density at radius 1 is 1.27 bits per heavy atom. The second-order valence-electron chi connectivity index (χ2n) is 5.89. The number of halogens is 4. The van der Waals surface area contributed by atoms with Crippen LogP contribution in [-0.2, 0) is 0 Å². The molecule has 0 saturated carbocycles. The van der Waals surface area contributed by atoms with Gasteiger partial charge in [-0.2, -0.15) is 0 Å². The van der Waals surface area contributed by atoms with E-state index in [1.807, 2.05) is 0 Å². The molecule has 0 fully saturated rings. The third kappa shape index (κ3) is 3.28. The summed E-state index contributed by atoms with van der Waals surface area (Å²) in [7, 11) is 1.67. The third-order valence-corrected chi connectivity index (χ3v) is 4.84. The number of hydrogen-bond acceptors (Lipinski definition) is 5. The molecule has 0 spiro atoms. The Bertz CT molecular complexity index is 862. The van der Waals surface area contributed by atoms with Crippen molar-refractivity contribution >= 4 is 33.6 Å². The first kappa shape index (κ1) is 18.7. The van der Waals surface area contributed by atoms with Crippen LogP contribution in [0.1, 0.15) is 36.1 Å². The molecule has 2 heterocycles. The number of aromatic nitrogens is 2. The number of alkyl halides is 2. The van der Waals surface area contributed by atoms with Crippen molar-refractivity contribution in [3.8, 4) is 0 Å². The molecular formula is C17H16BrF3N4O. The third-order valence-electron chi connectivity index (χ3n) is 4.21. The van der Waals surface area contributed by atoms with Crippen LogP contribution in [0.2, 0.25) is 0 Å². The van der Waals surface area contributed by atoms with Crippen LogP contribution in [0, 0.1) is 5.82 Å². The first-order chi connectivity index (χ1) is 12.3. The summed E-state index contributed by atoms with van der Waals surface area (Å²) in [4.78, 5) is 9.88. The van der Waals surface area contributed by atoms with Crippen molar-refractivity contribution in [2.45, 2.75) is 25.6 Å². The van der Waals surface area contributed by atoms with E-state index in [2.05, 4.69) is 31.2 Å². The van der Waals surface area contributed by atoms with E-state index in [0.29, 0.717) is 21.7 Å². The summed E-state index contributed by atoms with van der Waals surface area (Å²) in [5.41, 5.74) is 0.0817. The first-order valence-electron chi connectivity index (χ1n) is 7.77. The second-order valence-corrected chi connectivity index (χ2v) is 6.81. The Morgan fingerprint density at radius 3 is 2.65 bits per heavy atom. The van der Waals surface area contributed by atoms with Crippen molar-refractivity contribution < 1.29 is 18.3 Å². The largest absolute Gasteiger partial charge is 0.369 e. The topological polar surface area (TPSA) is 61.3 Å². The average molecular weight is 429 g/mol. The van der Waals surface area contributed by atoms with Gasteiger partial charge in [0.1, 0.15) is 23.8 Å². The van der Waals surface area contributed by atoms with E-state index in [-0.39, 0.29) is 5.56 Å². The van der Waals surface area contributed by atoms with Crippen molar-refractivity contribution in [3.05, 3.63) is 51.5 Å². The highest BCUT2D eigenvalue weighted by Gasteiger charge is 2.27. The minimum absolute atomic E-state index is 0.113. The van der Waals surface area contributed by atoms with Crippen LogP contribution in [0.4, 0.5) is 24.8 Å². The zero-order valence-corrected chi connectivity index (χ0v) is 15.5. The molecule has 1 aliphatic rings. The summed E-state index contributed by atoms with van der Waals surface area (Å²) in [5.74, 6) is -0.0399. The first-order valence-corrected chi connectivity index (χ1v) is 8.56. The van der Waals surface area contributed by atoms with Gasteiger partial charge < -0.3 is 15.3 Å². The van der Waals surface area contributed by atoms with E-state index in [1.165, 1.54) is 18.5 Å². The van der Waals surface area contributed by atoms with Crippen molar-refractivity contribution in [2.24, 2.45) is 0 Å². The summed E-state index contributed by atoms with van der Waals surface area (Å²) in [6, 6.07) is 3.30. The lowest BCUT2D eigenvalue weighted by Gasteiger charge is -2.30. The molecule has 2 aromatic rings. The zero-order chi connectivity index (χ0) is 19.0. The number of likely N-dealkylation sites (N-methyl/N-ethyl adjacent to an activating group) is 1. The van der Waals surface area contributed by atoms with Gasteiger partial charge in [-0.05, 0) is 13.0 Å². The molecule has 1 unspecified atom stereocenters. The molecule has 0 radical (unpaired) electrons. The summed E-state index contributed by atoms with van der Waals surface area (Å²) >= 11 is 3.29. The molecule has 138 valence electrons. The van der Waals surface area contributed by atoms with Gasteiger partial charge in [-0.1, -0.05) is 34.1 Å². The summed E-state index contributed by atoms with van der Waals surface area (Å²) in [6.45, 7) is 1.66. The van der Waals surface area contributed by atoms with Gasteiger partial charge in [0.2, 0.25) is 0 Å². The van der Waals surface area contributed by atoms with Crippen molar-refractivity contribution in [1.82, 2.24) is 9.97 Å². The lowest BCUT2D eigenvalue weighted by atomic mass is 10.0. The van der Waals surface area contributed by atoms with Gasteiger partial charge >= 0.3 is 0 Å². The van der Waals surface area contributed by atoms with Crippen molar-refractivity contribution in [2.75, 3.05) is 17.3 Å². The van der Waals surface area contributed by atoms with Crippen LogP contribution >= 0.6 is 15.9 Å². The highest BCUT2D eigenvalue weighted by atomic mass is 79.9. The number of fused-ring (bicyclic) bond motifs is 1. The minimum atomic E-state index is -2.89.